The van der Waals surface area contributed by atoms with E-state index in [0.29, 0.717) is 24.9 Å². The van der Waals surface area contributed by atoms with Crippen molar-refractivity contribution < 1.29 is 18.7 Å². The van der Waals surface area contributed by atoms with Crippen LogP contribution in [0.4, 0.5) is 4.39 Å². The summed E-state index contributed by atoms with van der Waals surface area (Å²) in [6.07, 6.45) is 3.76. The van der Waals surface area contributed by atoms with Crippen LogP contribution in [0.1, 0.15) is 28.9 Å². The Morgan fingerprint density at radius 3 is 2.85 bits per heavy atom. The Hall–Kier alpha value is -3.23. The second kappa shape index (κ2) is 11.1. The minimum absolute atomic E-state index is 0.266. The summed E-state index contributed by atoms with van der Waals surface area (Å²) in [6, 6.07) is 15.9. The van der Waals surface area contributed by atoms with Crippen molar-refractivity contribution in [2.45, 2.75) is 25.4 Å². The van der Waals surface area contributed by atoms with Crippen molar-refractivity contribution >= 4 is 5.91 Å². The highest BCUT2D eigenvalue weighted by molar-refractivity contribution is 5.92. The van der Waals surface area contributed by atoms with Crippen molar-refractivity contribution in [3.05, 3.63) is 77.9 Å². The molecule has 3 aromatic rings. The van der Waals surface area contributed by atoms with E-state index < -0.39 is 0 Å². The molecule has 1 fully saturated rings. The van der Waals surface area contributed by atoms with E-state index in [0.717, 1.165) is 43.9 Å². The Morgan fingerprint density at radius 1 is 1.21 bits per heavy atom. The van der Waals surface area contributed by atoms with Gasteiger partial charge in [-0.15, -0.1) is 0 Å². The lowest BCUT2D eigenvalue weighted by Crippen LogP contribution is -2.38. The van der Waals surface area contributed by atoms with Crippen LogP contribution >= 0.6 is 0 Å². The molecule has 1 N–H and O–H groups in total. The zero-order chi connectivity index (χ0) is 23.0. The predicted molar refractivity (Wildman–Crippen MR) is 123 cm³/mol. The quantitative estimate of drug-likeness (QED) is 0.539. The van der Waals surface area contributed by atoms with E-state index in [1.165, 1.54) is 16.8 Å². The monoisotopic (exact) mass is 452 g/mol. The van der Waals surface area contributed by atoms with Gasteiger partial charge in [-0.2, -0.15) is 5.10 Å². The van der Waals surface area contributed by atoms with Crippen LogP contribution in [0.5, 0.6) is 5.75 Å². The highest BCUT2D eigenvalue weighted by Crippen LogP contribution is 2.16. The average molecular weight is 453 g/mol. The first-order valence-corrected chi connectivity index (χ1v) is 11.2. The number of amides is 1. The number of ether oxygens (including phenoxy) is 2. The third kappa shape index (κ3) is 6.40. The smallest absolute Gasteiger partial charge is 0.272 e. The Labute approximate surface area is 193 Å². The van der Waals surface area contributed by atoms with Crippen molar-refractivity contribution in [2.24, 2.45) is 0 Å². The summed E-state index contributed by atoms with van der Waals surface area (Å²) in [6.45, 7) is 3.45. The molecule has 0 unspecified atom stereocenters. The van der Waals surface area contributed by atoms with Gasteiger partial charge in [0.2, 0.25) is 0 Å². The van der Waals surface area contributed by atoms with Gasteiger partial charge < -0.3 is 14.8 Å². The van der Waals surface area contributed by atoms with Gasteiger partial charge >= 0.3 is 0 Å². The summed E-state index contributed by atoms with van der Waals surface area (Å²) in [4.78, 5) is 14.8. The molecule has 1 aromatic heterocycles. The Morgan fingerprint density at radius 2 is 2.03 bits per heavy atom. The largest absolute Gasteiger partial charge is 0.492 e. The van der Waals surface area contributed by atoms with Gasteiger partial charge in [-0.3, -0.25) is 9.69 Å². The van der Waals surface area contributed by atoms with Gasteiger partial charge in [0.05, 0.1) is 5.69 Å². The summed E-state index contributed by atoms with van der Waals surface area (Å²) in [7, 11) is 2.13. The maximum Gasteiger partial charge on any atom is 0.272 e. The van der Waals surface area contributed by atoms with Crippen molar-refractivity contribution in [1.29, 1.82) is 0 Å². The lowest BCUT2D eigenvalue weighted by molar-refractivity contribution is 0.0392. The first-order chi connectivity index (χ1) is 16.1. The van der Waals surface area contributed by atoms with E-state index in [1.807, 2.05) is 24.3 Å². The van der Waals surface area contributed by atoms with E-state index in [2.05, 4.69) is 22.4 Å². The maximum atomic E-state index is 13.4. The average Bonchev–Trinajstić information content (AvgIpc) is 3.34. The minimum Gasteiger partial charge on any atom is -0.492 e. The first-order valence-electron chi connectivity index (χ1n) is 11.2. The number of hydrogen-bond donors (Lipinski definition) is 1. The standard InChI is InChI=1S/C25H29FN4O3/c1-29(21-9-13-32-14-10-21)12-15-33-23-7-2-4-19(16-23)18-27-25(31)24-8-11-30(28-24)22-6-3-5-20(26)17-22/h2-8,11,16-17,21H,9-10,12-15,18H2,1H3,(H,27,31). The highest BCUT2D eigenvalue weighted by atomic mass is 19.1. The normalized spacial score (nSPS) is 14.4. The van der Waals surface area contributed by atoms with Gasteiger partial charge in [-0.1, -0.05) is 18.2 Å². The lowest BCUT2D eigenvalue weighted by atomic mass is 10.1. The van der Waals surface area contributed by atoms with Crippen LogP contribution in [0.15, 0.2) is 60.8 Å². The Bertz CT molecular complexity index is 1070. The van der Waals surface area contributed by atoms with Gasteiger partial charge in [0.15, 0.2) is 5.69 Å². The van der Waals surface area contributed by atoms with E-state index in [-0.39, 0.29) is 17.4 Å². The number of likely N-dealkylation sites (N-methyl/N-ethyl adjacent to an activating group) is 1. The fourth-order valence-electron chi connectivity index (χ4n) is 3.84. The third-order valence-corrected chi connectivity index (χ3v) is 5.77. The number of benzene rings is 2. The minimum atomic E-state index is -0.355. The van der Waals surface area contributed by atoms with Crippen LogP contribution in [0.3, 0.4) is 0 Å². The van der Waals surface area contributed by atoms with Crippen LogP contribution in [0, 0.1) is 5.82 Å². The number of nitrogens with one attached hydrogen (secondary N) is 1. The summed E-state index contributed by atoms with van der Waals surface area (Å²) in [5.74, 6) is 0.124. The second-order valence-corrected chi connectivity index (χ2v) is 8.13. The molecule has 1 amide bonds. The molecule has 0 spiro atoms. The number of carbonyl (C=O) groups excluding carboxylic acids is 1. The van der Waals surface area contributed by atoms with Crippen LogP contribution in [-0.2, 0) is 11.3 Å². The molecule has 2 heterocycles. The molecule has 0 bridgehead atoms. The molecule has 0 radical (unpaired) electrons. The summed E-state index contributed by atoms with van der Waals surface area (Å²) in [5, 5.41) is 7.12. The number of hydrogen-bond acceptors (Lipinski definition) is 5. The fourth-order valence-corrected chi connectivity index (χ4v) is 3.84. The van der Waals surface area contributed by atoms with Gasteiger partial charge in [0.25, 0.3) is 5.91 Å². The molecule has 1 aliphatic rings. The molecular weight excluding hydrogens is 423 g/mol. The van der Waals surface area contributed by atoms with Gasteiger partial charge in [0.1, 0.15) is 18.2 Å². The topological polar surface area (TPSA) is 68.6 Å². The zero-order valence-corrected chi connectivity index (χ0v) is 18.7. The van der Waals surface area contributed by atoms with E-state index in [9.17, 15) is 9.18 Å². The van der Waals surface area contributed by atoms with Gasteiger partial charge in [0, 0.05) is 38.5 Å². The molecule has 0 aliphatic carbocycles. The fraction of sp³-hybridized carbons (Fsp3) is 0.360. The molecule has 2 aromatic carbocycles. The summed E-state index contributed by atoms with van der Waals surface area (Å²) >= 11 is 0. The number of aromatic nitrogens is 2. The van der Waals surface area contributed by atoms with Crippen LogP contribution in [0.25, 0.3) is 5.69 Å². The molecule has 1 aliphatic heterocycles. The summed E-state index contributed by atoms with van der Waals surface area (Å²) < 4.78 is 26.3. The number of carbonyl (C=O) groups is 1. The van der Waals surface area contributed by atoms with Crippen LogP contribution in [0.2, 0.25) is 0 Å². The van der Waals surface area contributed by atoms with Crippen molar-refractivity contribution in [3.63, 3.8) is 0 Å². The zero-order valence-electron chi connectivity index (χ0n) is 18.7. The third-order valence-electron chi connectivity index (χ3n) is 5.77. The lowest BCUT2D eigenvalue weighted by Gasteiger charge is -2.31. The van der Waals surface area contributed by atoms with Crippen molar-refractivity contribution in [1.82, 2.24) is 20.0 Å². The number of rotatable bonds is 9. The van der Waals surface area contributed by atoms with Crippen molar-refractivity contribution in [3.8, 4) is 11.4 Å². The van der Waals surface area contributed by atoms with Crippen molar-refractivity contribution in [2.75, 3.05) is 33.4 Å². The number of nitrogens with zero attached hydrogens (tertiary/aromatic N) is 3. The van der Waals surface area contributed by atoms with Gasteiger partial charge in [-0.05, 0) is 61.9 Å². The Balaban J connectivity index is 1.26. The highest BCUT2D eigenvalue weighted by Gasteiger charge is 2.18. The van der Waals surface area contributed by atoms with Gasteiger partial charge in [-0.25, -0.2) is 9.07 Å². The van der Waals surface area contributed by atoms with Crippen LogP contribution in [-0.4, -0.2) is 60.0 Å². The molecule has 0 atom stereocenters. The molecular formula is C25H29FN4O3. The molecule has 4 rings (SSSR count). The number of halogens is 1. The maximum absolute atomic E-state index is 13.4. The van der Waals surface area contributed by atoms with E-state index in [4.69, 9.17) is 9.47 Å². The molecule has 174 valence electrons. The van der Waals surface area contributed by atoms with E-state index >= 15 is 0 Å². The van der Waals surface area contributed by atoms with Crippen LogP contribution < -0.4 is 10.1 Å². The predicted octanol–water partition coefficient (Wildman–Crippen LogP) is 3.43. The molecule has 8 heteroatoms. The molecule has 0 saturated carbocycles. The molecule has 7 nitrogen and oxygen atoms in total. The second-order valence-electron chi connectivity index (χ2n) is 8.13. The van der Waals surface area contributed by atoms with E-state index in [1.54, 1.807) is 24.4 Å². The molecule has 33 heavy (non-hydrogen) atoms. The Kier molecular flexibility index (Phi) is 7.70. The first kappa shape index (κ1) is 22.9. The SMILES string of the molecule is CN(CCOc1cccc(CNC(=O)c2ccn(-c3cccc(F)c3)n2)c1)C1CCOCC1. The molecule has 1 saturated heterocycles. The summed E-state index contributed by atoms with van der Waals surface area (Å²) in [5.41, 5.74) is 1.76.